The third-order valence-electron chi connectivity index (χ3n) is 2.82. The van der Waals surface area contributed by atoms with Crippen LogP contribution in [0.3, 0.4) is 0 Å². The SMILES string of the molecule is CCCN(C)S(=O)(=O)N1CCC(NC)C1.Cl. The fraction of sp³-hybridized carbons (Fsp3) is 1.00. The van der Waals surface area contributed by atoms with Crippen LogP contribution < -0.4 is 5.32 Å². The molecular formula is C9H22ClN3O2S. The van der Waals surface area contributed by atoms with E-state index in [1.165, 1.54) is 4.31 Å². The Bertz CT molecular complexity index is 297. The van der Waals surface area contributed by atoms with Gasteiger partial charge >= 0.3 is 0 Å². The topological polar surface area (TPSA) is 52.7 Å². The second kappa shape index (κ2) is 6.76. The number of nitrogens with one attached hydrogen (secondary N) is 1. The van der Waals surface area contributed by atoms with Crippen molar-refractivity contribution in [3.63, 3.8) is 0 Å². The molecule has 0 radical (unpaired) electrons. The monoisotopic (exact) mass is 271 g/mol. The molecule has 0 bridgehead atoms. The molecule has 1 aliphatic heterocycles. The average Bonchev–Trinajstić information content (AvgIpc) is 2.66. The highest BCUT2D eigenvalue weighted by Gasteiger charge is 2.32. The van der Waals surface area contributed by atoms with Crippen molar-refractivity contribution >= 4 is 22.6 Å². The first-order valence-corrected chi connectivity index (χ1v) is 6.80. The van der Waals surface area contributed by atoms with Gasteiger partial charge in [-0.2, -0.15) is 17.0 Å². The summed E-state index contributed by atoms with van der Waals surface area (Å²) >= 11 is 0. The lowest BCUT2D eigenvalue weighted by Gasteiger charge is -2.23. The quantitative estimate of drug-likeness (QED) is 0.782. The number of hydrogen-bond acceptors (Lipinski definition) is 3. The van der Waals surface area contributed by atoms with Gasteiger partial charge in [-0.3, -0.25) is 0 Å². The van der Waals surface area contributed by atoms with E-state index >= 15 is 0 Å². The zero-order chi connectivity index (χ0) is 11.5. The maximum Gasteiger partial charge on any atom is 0.281 e. The van der Waals surface area contributed by atoms with Crippen LogP contribution in [0.4, 0.5) is 0 Å². The average molecular weight is 272 g/mol. The first-order chi connectivity index (χ1) is 7.02. The summed E-state index contributed by atoms with van der Waals surface area (Å²) < 4.78 is 27.0. The zero-order valence-corrected chi connectivity index (χ0v) is 11.8. The lowest BCUT2D eigenvalue weighted by atomic mass is 10.3. The lowest BCUT2D eigenvalue weighted by Crippen LogP contribution is -2.42. The Kier molecular flexibility index (Phi) is 6.81. The molecule has 1 N–H and O–H groups in total. The number of hydrogen-bond donors (Lipinski definition) is 1. The Morgan fingerprint density at radius 3 is 2.56 bits per heavy atom. The molecule has 16 heavy (non-hydrogen) atoms. The van der Waals surface area contributed by atoms with Crippen LogP contribution in [0.25, 0.3) is 0 Å². The summed E-state index contributed by atoms with van der Waals surface area (Å²) in [6, 6.07) is 0.301. The van der Waals surface area contributed by atoms with Crippen molar-refractivity contribution in [3.05, 3.63) is 0 Å². The minimum Gasteiger partial charge on any atom is -0.316 e. The van der Waals surface area contributed by atoms with Crippen LogP contribution in [0, 0.1) is 0 Å². The molecule has 1 atom stereocenters. The first kappa shape index (κ1) is 16.1. The standard InChI is InChI=1S/C9H21N3O2S.ClH/c1-4-6-11(3)15(13,14)12-7-5-9(8-12)10-2;/h9-10H,4-8H2,1-3H3;1H. The second-order valence-corrected chi connectivity index (χ2v) is 6.00. The number of rotatable bonds is 5. The molecule has 0 aromatic carbocycles. The van der Waals surface area contributed by atoms with E-state index in [9.17, 15) is 8.42 Å². The Hall–Kier alpha value is 0.120. The molecule has 7 heteroatoms. The molecule has 1 aliphatic rings. The molecule has 98 valence electrons. The van der Waals surface area contributed by atoms with E-state index in [0.717, 1.165) is 12.8 Å². The normalized spacial score (nSPS) is 22.4. The van der Waals surface area contributed by atoms with E-state index in [4.69, 9.17) is 0 Å². The van der Waals surface area contributed by atoms with Crippen molar-refractivity contribution in [2.75, 3.05) is 33.7 Å². The highest BCUT2D eigenvalue weighted by molar-refractivity contribution is 7.86. The molecule has 0 amide bonds. The van der Waals surface area contributed by atoms with Gasteiger partial charge in [-0.05, 0) is 19.9 Å². The van der Waals surface area contributed by atoms with Crippen LogP contribution in [0.15, 0.2) is 0 Å². The fourth-order valence-corrected chi connectivity index (χ4v) is 3.31. The van der Waals surface area contributed by atoms with Gasteiger partial charge in [0, 0.05) is 32.7 Å². The van der Waals surface area contributed by atoms with Crippen molar-refractivity contribution in [2.24, 2.45) is 0 Å². The molecular weight excluding hydrogens is 250 g/mol. The van der Waals surface area contributed by atoms with Crippen molar-refractivity contribution in [2.45, 2.75) is 25.8 Å². The summed E-state index contributed by atoms with van der Waals surface area (Å²) in [4.78, 5) is 0. The van der Waals surface area contributed by atoms with Gasteiger partial charge in [-0.15, -0.1) is 12.4 Å². The predicted molar refractivity (Wildman–Crippen MR) is 68.1 cm³/mol. The molecule has 1 saturated heterocycles. The van der Waals surface area contributed by atoms with E-state index in [-0.39, 0.29) is 12.4 Å². The minimum atomic E-state index is -3.22. The summed E-state index contributed by atoms with van der Waals surface area (Å²) in [7, 11) is 0.299. The van der Waals surface area contributed by atoms with E-state index in [1.807, 2.05) is 14.0 Å². The van der Waals surface area contributed by atoms with Gasteiger partial charge in [0.15, 0.2) is 0 Å². The number of halogens is 1. The molecule has 0 spiro atoms. The molecule has 0 aromatic heterocycles. The third kappa shape index (κ3) is 3.56. The van der Waals surface area contributed by atoms with Gasteiger partial charge < -0.3 is 5.32 Å². The van der Waals surface area contributed by atoms with Crippen molar-refractivity contribution < 1.29 is 8.42 Å². The van der Waals surface area contributed by atoms with Crippen molar-refractivity contribution in [1.82, 2.24) is 13.9 Å². The fourth-order valence-electron chi connectivity index (χ4n) is 1.80. The van der Waals surface area contributed by atoms with Gasteiger partial charge in [0.05, 0.1) is 0 Å². The summed E-state index contributed by atoms with van der Waals surface area (Å²) in [6.45, 7) is 3.78. The molecule has 5 nitrogen and oxygen atoms in total. The summed E-state index contributed by atoms with van der Waals surface area (Å²) in [5.74, 6) is 0. The van der Waals surface area contributed by atoms with Gasteiger partial charge in [-0.1, -0.05) is 6.92 Å². The molecule has 1 fully saturated rings. The van der Waals surface area contributed by atoms with Crippen molar-refractivity contribution in [3.8, 4) is 0 Å². The number of nitrogens with zero attached hydrogens (tertiary/aromatic N) is 2. The van der Waals surface area contributed by atoms with Crippen LogP contribution in [-0.2, 0) is 10.2 Å². The largest absolute Gasteiger partial charge is 0.316 e. The Morgan fingerprint density at radius 1 is 1.50 bits per heavy atom. The molecule has 1 heterocycles. The maximum absolute atomic E-state index is 12.0. The lowest BCUT2D eigenvalue weighted by molar-refractivity contribution is 0.389. The zero-order valence-electron chi connectivity index (χ0n) is 10.1. The molecule has 0 aliphatic carbocycles. The van der Waals surface area contributed by atoms with Crippen LogP contribution in [0.2, 0.25) is 0 Å². The predicted octanol–water partition coefficient (Wildman–Crippen LogP) is 0.288. The van der Waals surface area contributed by atoms with Crippen LogP contribution in [0.5, 0.6) is 0 Å². The van der Waals surface area contributed by atoms with Crippen LogP contribution in [-0.4, -0.2) is 56.8 Å². The van der Waals surface area contributed by atoms with Gasteiger partial charge in [0.2, 0.25) is 0 Å². The van der Waals surface area contributed by atoms with Crippen LogP contribution in [0.1, 0.15) is 19.8 Å². The Morgan fingerprint density at radius 2 is 2.12 bits per heavy atom. The third-order valence-corrected chi connectivity index (χ3v) is 4.77. The summed E-state index contributed by atoms with van der Waals surface area (Å²) in [5, 5.41) is 3.11. The maximum atomic E-state index is 12.0. The van der Waals surface area contributed by atoms with Gasteiger partial charge in [0.25, 0.3) is 10.2 Å². The highest BCUT2D eigenvalue weighted by Crippen LogP contribution is 2.15. The molecule has 1 unspecified atom stereocenters. The smallest absolute Gasteiger partial charge is 0.281 e. The molecule has 0 aromatic rings. The second-order valence-electron chi connectivity index (χ2n) is 3.96. The van der Waals surface area contributed by atoms with Crippen LogP contribution >= 0.6 is 12.4 Å². The van der Waals surface area contributed by atoms with Gasteiger partial charge in [-0.25, -0.2) is 0 Å². The summed E-state index contributed by atoms with van der Waals surface area (Å²) in [6.07, 6.45) is 1.74. The highest BCUT2D eigenvalue weighted by atomic mass is 35.5. The Labute approximate surface area is 105 Å². The van der Waals surface area contributed by atoms with E-state index in [0.29, 0.717) is 25.7 Å². The molecule has 0 saturated carbocycles. The Balaban J connectivity index is 0.00000225. The van der Waals surface area contributed by atoms with Crippen molar-refractivity contribution in [1.29, 1.82) is 0 Å². The summed E-state index contributed by atoms with van der Waals surface area (Å²) in [5.41, 5.74) is 0. The molecule has 1 rings (SSSR count). The van der Waals surface area contributed by atoms with E-state index in [2.05, 4.69) is 5.32 Å². The number of likely N-dealkylation sites (N-methyl/N-ethyl adjacent to an activating group) is 1. The van der Waals surface area contributed by atoms with E-state index < -0.39 is 10.2 Å². The minimum absolute atomic E-state index is 0. The first-order valence-electron chi connectivity index (χ1n) is 5.41. The van der Waals surface area contributed by atoms with Gasteiger partial charge in [0.1, 0.15) is 0 Å². The van der Waals surface area contributed by atoms with E-state index in [1.54, 1.807) is 11.4 Å².